The lowest BCUT2D eigenvalue weighted by atomic mass is 10.3. The van der Waals surface area contributed by atoms with Crippen molar-refractivity contribution < 1.29 is 18.5 Å². The van der Waals surface area contributed by atoms with Crippen molar-refractivity contribution in [3.63, 3.8) is 0 Å². The summed E-state index contributed by atoms with van der Waals surface area (Å²) in [6, 6.07) is 0. The van der Waals surface area contributed by atoms with Crippen LogP contribution >= 0.6 is 8.38 Å². The monoisotopic (exact) mass is 372 g/mol. The predicted molar refractivity (Wildman–Crippen MR) is 94.7 cm³/mol. The van der Waals surface area contributed by atoms with Crippen LogP contribution in [0.3, 0.4) is 0 Å². The lowest BCUT2D eigenvalue weighted by Gasteiger charge is -2.19. The topological polar surface area (TPSA) is 80.9 Å². The molecule has 0 aromatic carbocycles. The van der Waals surface area contributed by atoms with E-state index in [-0.39, 0.29) is 11.7 Å². The summed E-state index contributed by atoms with van der Waals surface area (Å²) in [5.41, 5.74) is -0.232. The molecule has 0 spiro atoms. The summed E-state index contributed by atoms with van der Waals surface area (Å²) < 4.78 is 24.9. The van der Waals surface area contributed by atoms with Crippen molar-refractivity contribution in [1.29, 1.82) is 0 Å². The van der Waals surface area contributed by atoms with E-state index in [9.17, 15) is 9.59 Å². The van der Waals surface area contributed by atoms with Crippen LogP contribution in [0.2, 0.25) is 0 Å². The van der Waals surface area contributed by atoms with Crippen molar-refractivity contribution in [3.05, 3.63) is 44.8 Å². The summed E-state index contributed by atoms with van der Waals surface area (Å²) in [7, 11) is 0.407. The second-order valence-electron chi connectivity index (χ2n) is 5.48. The fourth-order valence-corrected chi connectivity index (χ4v) is 3.47. The molecule has 0 saturated carbocycles. The quantitative estimate of drug-likeness (QED) is 0.485. The lowest BCUT2D eigenvalue weighted by Crippen LogP contribution is -2.40. The van der Waals surface area contributed by atoms with Gasteiger partial charge < -0.3 is 18.5 Å². The van der Waals surface area contributed by atoms with E-state index in [0.29, 0.717) is 31.7 Å². The summed E-state index contributed by atoms with van der Waals surface area (Å²) in [6.45, 7) is 6.98. The van der Waals surface area contributed by atoms with Gasteiger partial charge in [0.15, 0.2) is 14.6 Å². The van der Waals surface area contributed by atoms with Gasteiger partial charge in [0.2, 0.25) is 0 Å². The van der Waals surface area contributed by atoms with Gasteiger partial charge in [-0.1, -0.05) is 6.08 Å². The summed E-state index contributed by atoms with van der Waals surface area (Å²) in [6.07, 6.45) is 4.70. The van der Waals surface area contributed by atoms with Gasteiger partial charge in [-0.3, -0.25) is 13.9 Å². The first-order chi connectivity index (χ1) is 12.0. The minimum absolute atomic E-state index is 0.269. The van der Waals surface area contributed by atoms with Crippen LogP contribution in [0.25, 0.3) is 0 Å². The van der Waals surface area contributed by atoms with Crippen molar-refractivity contribution in [1.82, 2.24) is 9.13 Å². The zero-order chi connectivity index (χ0) is 18.4. The number of hydrogen-bond donors (Lipinski definition) is 0. The summed E-state index contributed by atoms with van der Waals surface area (Å²) in [5, 5.41) is 0. The molecule has 0 fully saturated rings. The maximum atomic E-state index is 12.2. The Balaban J connectivity index is 1.91. The average molecular weight is 372 g/mol. The number of aromatic nitrogens is 2. The molecule has 9 heteroatoms. The Morgan fingerprint density at radius 3 is 2.52 bits per heavy atom. The fourth-order valence-electron chi connectivity index (χ4n) is 2.41. The van der Waals surface area contributed by atoms with E-state index in [1.807, 2.05) is 19.9 Å². The molecule has 1 aliphatic rings. The summed E-state index contributed by atoms with van der Waals surface area (Å²) in [4.78, 5) is 24.0. The smallest absolute Gasteiger partial charge is 0.333 e. The van der Waals surface area contributed by atoms with Crippen LogP contribution < -0.4 is 11.2 Å². The van der Waals surface area contributed by atoms with E-state index in [0.717, 1.165) is 4.57 Å². The maximum absolute atomic E-state index is 12.2. The van der Waals surface area contributed by atoms with E-state index in [1.54, 1.807) is 13.0 Å². The Bertz CT molecular complexity index is 708. The van der Waals surface area contributed by atoms with Gasteiger partial charge in [-0.2, -0.15) is 0 Å². The van der Waals surface area contributed by atoms with Gasteiger partial charge in [-0.05, 0) is 26.8 Å². The molecule has 1 aromatic heterocycles. The Labute approximate surface area is 147 Å². The lowest BCUT2D eigenvalue weighted by molar-refractivity contribution is -0.0252. The Morgan fingerprint density at radius 2 is 1.88 bits per heavy atom. The van der Waals surface area contributed by atoms with Crippen LogP contribution in [-0.2, 0) is 25.6 Å². The molecule has 25 heavy (non-hydrogen) atoms. The first-order valence-electron chi connectivity index (χ1n) is 8.21. The predicted octanol–water partition coefficient (Wildman–Crippen LogP) is 1.67. The third kappa shape index (κ3) is 5.09. The van der Waals surface area contributed by atoms with Crippen LogP contribution in [-0.4, -0.2) is 41.4 Å². The van der Waals surface area contributed by atoms with Crippen LogP contribution in [0.1, 0.15) is 25.6 Å². The standard InChI is InChI=1S/C16H25N2O6P/c1-5-22-25(23-6-2)11-21-10-13-7-8-14(24-13)18-9-12(3)15(19)17(4)16(18)20/h7-9,13-14H,5-6,10-11H2,1-4H3. The SMILES string of the molecule is CCOP(COCC1C=CC(n2cc(C)c(=O)n(C)c2=O)O1)OCC. The average Bonchev–Trinajstić information content (AvgIpc) is 3.05. The first kappa shape index (κ1) is 20.0. The molecule has 0 N–H and O–H groups in total. The minimum Gasteiger partial charge on any atom is -0.369 e. The Hall–Kier alpha value is -1.31. The molecule has 2 rings (SSSR count). The molecule has 0 radical (unpaired) electrons. The number of rotatable bonds is 9. The summed E-state index contributed by atoms with van der Waals surface area (Å²) in [5.74, 6) is 0. The van der Waals surface area contributed by atoms with Gasteiger partial charge in [0, 0.05) is 18.8 Å². The third-order valence-corrected chi connectivity index (χ3v) is 5.07. The first-order valence-corrected chi connectivity index (χ1v) is 9.57. The highest BCUT2D eigenvalue weighted by Gasteiger charge is 2.23. The number of aryl methyl sites for hydroxylation is 1. The second kappa shape index (κ2) is 9.40. The Kier molecular flexibility index (Phi) is 7.53. The third-order valence-electron chi connectivity index (χ3n) is 3.59. The van der Waals surface area contributed by atoms with E-state index in [1.165, 1.54) is 17.8 Å². The van der Waals surface area contributed by atoms with Gasteiger partial charge in [0.1, 0.15) is 12.5 Å². The van der Waals surface area contributed by atoms with Gasteiger partial charge in [0.25, 0.3) is 5.56 Å². The van der Waals surface area contributed by atoms with Crippen molar-refractivity contribution in [2.24, 2.45) is 7.05 Å². The zero-order valence-electron chi connectivity index (χ0n) is 15.0. The van der Waals surface area contributed by atoms with Crippen molar-refractivity contribution in [2.75, 3.05) is 26.2 Å². The molecule has 0 bridgehead atoms. The van der Waals surface area contributed by atoms with Crippen LogP contribution in [0, 0.1) is 6.92 Å². The number of hydrogen-bond acceptors (Lipinski definition) is 6. The van der Waals surface area contributed by atoms with Crippen molar-refractivity contribution >= 4 is 8.38 Å². The van der Waals surface area contributed by atoms with Crippen molar-refractivity contribution in [3.8, 4) is 0 Å². The largest absolute Gasteiger partial charge is 0.369 e. The molecule has 1 aliphatic heterocycles. The molecule has 0 saturated heterocycles. The molecule has 2 atom stereocenters. The van der Waals surface area contributed by atoms with Crippen LogP contribution in [0.4, 0.5) is 0 Å². The highest BCUT2D eigenvalue weighted by Crippen LogP contribution is 2.37. The molecule has 2 unspecified atom stereocenters. The molecule has 0 amide bonds. The Morgan fingerprint density at radius 1 is 1.20 bits per heavy atom. The van der Waals surface area contributed by atoms with Gasteiger partial charge in [-0.15, -0.1) is 0 Å². The van der Waals surface area contributed by atoms with Gasteiger partial charge in [0.05, 0.1) is 19.8 Å². The fraction of sp³-hybridized carbons (Fsp3) is 0.625. The highest BCUT2D eigenvalue weighted by molar-refractivity contribution is 7.47. The molecule has 0 aliphatic carbocycles. The molecule has 140 valence electrons. The van der Waals surface area contributed by atoms with Crippen molar-refractivity contribution in [2.45, 2.75) is 33.1 Å². The minimum atomic E-state index is -1.05. The molecular weight excluding hydrogens is 347 g/mol. The highest BCUT2D eigenvalue weighted by atomic mass is 31.2. The summed E-state index contributed by atoms with van der Waals surface area (Å²) >= 11 is 0. The van der Waals surface area contributed by atoms with Gasteiger partial charge >= 0.3 is 5.69 Å². The maximum Gasteiger partial charge on any atom is 0.333 e. The van der Waals surface area contributed by atoms with E-state index in [4.69, 9.17) is 18.5 Å². The van der Waals surface area contributed by atoms with Gasteiger partial charge in [-0.25, -0.2) is 4.79 Å². The van der Waals surface area contributed by atoms with Crippen LogP contribution in [0.15, 0.2) is 27.9 Å². The molecule has 8 nitrogen and oxygen atoms in total. The number of nitrogens with zero attached hydrogens (tertiary/aromatic N) is 2. The molecule has 2 heterocycles. The van der Waals surface area contributed by atoms with E-state index in [2.05, 4.69) is 0 Å². The number of ether oxygens (including phenoxy) is 2. The normalized spacial score (nSPS) is 19.9. The second-order valence-corrected chi connectivity index (χ2v) is 6.92. The van der Waals surface area contributed by atoms with Crippen LogP contribution in [0.5, 0.6) is 0 Å². The molecular formula is C16H25N2O6P. The van der Waals surface area contributed by atoms with E-state index >= 15 is 0 Å². The molecule has 1 aromatic rings. The zero-order valence-corrected chi connectivity index (χ0v) is 15.9. The van der Waals surface area contributed by atoms with E-state index < -0.39 is 20.3 Å².